The summed E-state index contributed by atoms with van der Waals surface area (Å²) in [7, 11) is -1.28. The van der Waals surface area contributed by atoms with Crippen molar-refractivity contribution in [1.29, 1.82) is 0 Å². The molecule has 2 saturated heterocycles. The zero-order valence-corrected chi connectivity index (χ0v) is 46.0. The number of aliphatic hydroxyl groups is 1. The van der Waals surface area contributed by atoms with Crippen molar-refractivity contribution in [2.75, 3.05) is 63.7 Å². The Balaban J connectivity index is 0.838. The number of amides is 1. The number of nitro groups is 1. The molecule has 0 bridgehead atoms. The number of hydrogen-bond acceptors (Lipinski definition) is 14. The van der Waals surface area contributed by atoms with Gasteiger partial charge in [-0.1, -0.05) is 55.8 Å². The van der Waals surface area contributed by atoms with E-state index in [0.717, 1.165) is 101 Å². The number of piperazine rings is 1. The largest absolute Gasteiger partial charge is 0.493 e. The molecule has 2 aliphatic heterocycles. The lowest BCUT2D eigenvalue weighted by Crippen LogP contribution is -2.60. The Kier molecular flexibility index (Phi) is 15.5. The molecular formula is C58H69ClN8O9S. The van der Waals surface area contributed by atoms with E-state index in [9.17, 15) is 28.4 Å². The van der Waals surface area contributed by atoms with Gasteiger partial charge in [0, 0.05) is 87.3 Å². The highest BCUT2D eigenvalue weighted by Gasteiger charge is 2.50. The van der Waals surface area contributed by atoms with Crippen molar-refractivity contribution in [1.82, 2.24) is 24.5 Å². The molecule has 1 spiro atoms. The number of pyridine rings is 1. The van der Waals surface area contributed by atoms with Crippen LogP contribution >= 0.6 is 11.6 Å². The molecule has 19 heteroatoms. The summed E-state index contributed by atoms with van der Waals surface area (Å²) in [4.78, 5) is 40.4. The molecule has 2 saturated carbocycles. The van der Waals surface area contributed by atoms with Crippen molar-refractivity contribution in [3.05, 3.63) is 135 Å². The second-order valence-corrected chi connectivity index (χ2v) is 24.3. The van der Waals surface area contributed by atoms with Gasteiger partial charge in [-0.25, -0.2) is 18.1 Å². The summed E-state index contributed by atoms with van der Waals surface area (Å²) in [6.45, 7) is 12.0. The summed E-state index contributed by atoms with van der Waals surface area (Å²) in [6, 6.07) is 26.2. The van der Waals surface area contributed by atoms with Crippen molar-refractivity contribution in [3.8, 4) is 23.0 Å². The van der Waals surface area contributed by atoms with E-state index in [2.05, 4.69) is 85.0 Å². The second-order valence-electron chi connectivity index (χ2n) is 22.2. The minimum absolute atomic E-state index is 0.0652. The number of piperidine rings is 1. The molecule has 0 radical (unpaired) electrons. The van der Waals surface area contributed by atoms with E-state index in [0.29, 0.717) is 47.4 Å². The molecule has 4 aromatic carbocycles. The molecule has 0 unspecified atom stereocenters. The lowest BCUT2D eigenvalue weighted by molar-refractivity contribution is -0.384. The molecule has 4 N–H and O–H groups in total. The van der Waals surface area contributed by atoms with Crippen LogP contribution in [0.4, 0.5) is 17.1 Å². The van der Waals surface area contributed by atoms with Crippen LogP contribution in [-0.4, -0.2) is 109 Å². The fourth-order valence-electron chi connectivity index (χ4n) is 12.2. The smallest absolute Gasteiger partial charge is 0.293 e. The maximum atomic E-state index is 14.2. The number of nitro benzene ring substituents is 1. The Labute approximate surface area is 455 Å². The molecule has 1 atom stereocenters. The third kappa shape index (κ3) is 11.7. The fourth-order valence-corrected chi connectivity index (χ4v) is 13.4. The first kappa shape index (κ1) is 53.9. The minimum atomic E-state index is -4.62. The van der Waals surface area contributed by atoms with E-state index in [1.165, 1.54) is 35.0 Å². The number of rotatable bonds is 17. The van der Waals surface area contributed by atoms with Gasteiger partial charge >= 0.3 is 0 Å². The Hall–Kier alpha value is -6.44. The number of methoxy groups -OCH3 is 2. The zero-order valence-electron chi connectivity index (χ0n) is 44.4. The molecule has 4 aliphatic rings. The van der Waals surface area contributed by atoms with E-state index >= 15 is 0 Å². The lowest BCUT2D eigenvalue weighted by Gasteiger charge is -2.58. The van der Waals surface area contributed by atoms with Gasteiger partial charge in [-0.3, -0.25) is 24.7 Å². The first-order valence-corrected chi connectivity index (χ1v) is 28.6. The van der Waals surface area contributed by atoms with E-state index in [1.54, 1.807) is 44.7 Å². The summed E-state index contributed by atoms with van der Waals surface area (Å²) in [5.74, 6) is 1.43. The molecule has 4 fully saturated rings. The number of nitrogens with one attached hydrogen (secondary N) is 3. The number of carbonyl (C=O) groups excluding carboxylic acids is 1. The van der Waals surface area contributed by atoms with Crippen molar-refractivity contribution < 1.29 is 37.5 Å². The third-order valence-electron chi connectivity index (χ3n) is 16.7. The molecular weight excluding hydrogens is 1020 g/mol. The van der Waals surface area contributed by atoms with E-state index in [-0.39, 0.29) is 40.1 Å². The Morgan fingerprint density at radius 3 is 2.42 bits per heavy atom. The van der Waals surface area contributed by atoms with Crippen LogP contribution < -0.4 is 29.1 Å². The molecule has 4 heterocycles. The van der Waals surface area contributed by atoms with Gasteiger partial charge in [0.25, 0.3) is 21.6 Å². The summed E-state index contributed by atoms with van der Waals surface area (Å²) in [6.07, 6.45) is 10.1. The van der Waals surface area contributed by atoms with Crippen molar-refractivity contribution in [2.24, 2.45) is 11.3 Å². The third-order valence-corrected chi connectivity index (χ3v) is 18.3. The number of carbonyl (C=O) groups is 1. The van der Waals surface area contributed by atoms with Gasteiger partial charge in [0.2, 0.25) is 0 Å². The average Bonchev–Trinajstić information content (AvgIpc) is 3.82. The summed E-state index contributed by atoms with van der Waals surface area (Å²) in [5, 5.41) is 26.8. The average molecular weight is 1090 g/mol. The van der Waals surface area contributed by atoms with Crippen LogP contribution in [0.2, 0.25) is 5.02 Å². The van der Waals surface area contributed by atoms with Crippen LogP contribution in [0.5, 0.6) is 23.0 Å². The Bertz CT molecular complexity index is 3250. The van der Waals surface area contributed by atoms with E-state index < -0.39 is 37.0 Å². The number of benzene rings is 4. The second kappa shape index (κ2) is 22.1. The number of aromatic nitrogens is 2. The number of hydrogen-bond donors (Lipinski definition) is 4. The predicted octanol–water partition coefficient (Wildman–Crippen LogP) is 10.8. The van der Waals surface area contributed by atoms with Crippen LogP contribution in [0.25, 0.3) is 11.0 Å². The molecule has 408 valence electrons. The maximum Gasteiger partial charge on any atom is 0.293 e. The summed E-state index contributed by atoms with van der Waals surface area (Å²) < 4.78 is 47.5. The van der Waals surface area contributed by atoms with Gasteiger partial charge in [-0.05, 0) is 135 Å². The molecule has 1 amide bonds. The van der Waals surface area contributed by atoms with E-state index in [1.807, 2.05) is 13.0 Å². The first-order chi connectivity index (χ1) is 36.9. The SMILES string of the molecule is COc1ccc(CN2CCN(C3CC4(CCN(c5ccc(C(=O)NS(=O)(=O)c6ccc(NC[C@H]7CC[C@](C)(O)CC7)c([N+](=O)[O-])c6)c(Oc6cnc7[nH]cc(Cl)c7c6)c5)CC4)C3)[C@H](c3ccccc3C(C)C)C2)cc1OC. The van der Waals surface area contributed by atoms with Crippen LogP contribution in [0, 0.1) is 21.4 Å². The van der Waals surface area contributed by atoms with E-state index in [4.69, 9.17) is 25.8 Å². The van der Waals surface area contributed by atoms with Gasteiger partial charge in [-0.15, -0.1) is 0 Å². The fraction of sp³-hybridized carbons (Fsp3) is 0.448. The number of halogens is 1. The number of ether oxygens (including phenoxy) is 3. The van der Waals surface area contributed by atoms with Crippen molar-refractivity contribution in [3.63, 3.8) is 0 Å². The Morgan fingerprint density at radius 2 is 1.69 bits per heavy atom. The lowest BCUT2D eigenvalue weighted by atomic mass is 9.59. The monoisotopic (exact) mass is 1090 g/mol. The molecule has 6 aromatic rings. The highest BCUT2D eigenvalue weighted by molar-refractivity contribution is 7.90. The van der Waals surface area contributed by atoms with Gasteiger partial charge in [0.1, 0.15) is 22.8 Å². The number of sulfonamides is 1. The topological polar surface area (TPSA) is 205 Å². The first-order valence-electron chi connectivity index (χ1n) is 26.7. The van der Waals surface area contributed by atoms with Crippen molar-refractivity contribution in [2.45, 2.75) is 107 Å². The van der Waals surface area contributed by atoms with Crippen LogP contribution in [0.15, 0.2) is 102 Å². The molecule has 2 aliphatic carbocycles. The van der Waals surface area contributed by atoms with Gasteiger partial charge in [0.05, 0.1) is 46.4 Å². The molecule has 2 aromatic heterocycles. The van der Waals surface area contributed by atoms with Gasteiger partial charge in [0.15, 0.2) is 11.5 Å². The molecule has 17 nitrogen and oxygen atoms in total. The highest BCUT2D eigenvalue weighted by atomic mass is 35.5. The number of anilines is 2. The zero-order chi connectivity index (χ0) is 54.2. The highest BCUT2D eigenvalue weighted by Crippen LogP contribution is 2.53. The van der Waals surface area contributed by atoms with Crippen molar-refractivity contribution >= 4 is 55.6 Å². The molecule has 77 heavy (non-hydrogen) atoms. The van der Waals surface area contributed by atoms with Crippen LogP contribution in [-0.2, 0) is 16.6 Å². The molecule has 10 rings (SSSR count). The number of fused-ring (bicyclic) bond motifs is 1. The summed E-state index contributed by atoms with van der Waals surface area (Å²) >= 11 is 6.45. The van der Waals surface area contributed by atoms with Crippen LogP contribution in [0.3, 0.4) is 0 Å². The van der Waals surface area contributed by atoms with Gasteiger partial charge in [-0.2, -0.15) is 0 Å². The minimum Gasteiger partial charge on any atom is -0.493 e. The predicted molar refractivity (Wildman–Crippen MR) is 298 cm³/mol. The summed E-state index contributed by atoms with van der Waals surface area (Å²) in [5.41, 5.74) is 4.48. The maximum absolute atomic E-state index is 14.2. The quantitative estimate of drug-likeness (QED) is 0.0496. The van der Waals surface area contributed by atoms with Crippen LogP contribution in [0.1, 0.15) is 111 Å². The Morgan fingerprint density at radius 1 is 0.935 bits per heavy atom. The standard InChI is InChI=1S/C58H69ClN8O9S/c1-37(2)44-8-6-7-9-45(44)51-36-64(35-39-10-15-52(74-4)54(26-39)75-5)24-25-66(51)41-30-58(31-41)20-22-65(23-21-58)40-11-13-46(53(27-40)76-42-28-47-48(59)34-62-55(47)61-33-42)56(68)63-77(72,73)43-12-14-49(50(29-43)67(70)71)60-32-38-16-18-57(3,69)19-17-38/h6-15,26-29,33-34,37-38,41,51,60,69H,16-25,30-32,35-36H2,1-5H3,(H,61,62)(H,63,68)/t38-,51-,57-/m0/s1. The van der Waals surface area contributed by atoms with Gasteiger partial charge < -0.3 is 34.5 Å². The number of H-pyrrole nitrogens is 1. The number of aromatic amines is 1. The number of nitrogens with zero attached hydrogens (tertiary/aromatic N) is 5. The normalized spacial score (nSPS) is 21.2.